The van der Waals surface area contributed by atoms with Crippen LogP contribution >= 0.6 is 0 Å². The van der Waals surface area contributed by atoms with Crippen LogP contribution in [0, 0.1) is 5.92 Å². The Labute approximate surface area is 123 Å². The van der Waals surface area contributed by atoms with E-state index in [0.29, 0.717) is 18.8 Å². The molecular weight excluding hydrogens is 256 g/mol. The molecular formula is C16H30O4. The van der Waals surface area contributed by atoms with Crippen LogP contribution in [-0.4, -0.2) is 26.2 Å². The number of methoxy groups -OCH3 is 2. The molecule has 0 heterocycles. The van der Waals surface area contributed by atoms with Gasteiger partial charge >= 0.3 is 11.9 Å². The van der Waals surface area contributed by atoms with Gasteiger partial charge in [-0.2, -0.15) is 0 Å². The number of hydrogen-bond donors (Lipinski definition) is 0. The van der Waals surface area contributed by atoms with Gasteiger partial charge < -0.3 is 9.47 Å². The summed E-state index contributed by atoms with van der Waals surface area (Å²) in [4.78, 5) is 21.9. The molecule has 0 radical (unpaired) electrons. The molecule has 0 aliphatic heterocycles. The molecule has 0 saturated carbocycles. The van der Waals surface area contributed by atoms with Crippen molar-refractivity contribution in [2.24, 2.45) is 5.92 Å². The van der Waals surface area contributed by atoms with Gasteiger partial charge in [-0.15, -0.1) is 0 Å². The summed E-state index contributed by atoms with van der Waals surface area (Å²) in [6, 6.07) is 0. The van der Waals surface area contributed by atoms with Crippen molar-refractivity contribution in [2.45, 2.75) is 71.1 Å². The molecule has 4 nitrogen and oxygen atoms in total. The van der Waals surface area contributed by atoms with Crippen LogP contribution in [0.5, 0.6) is 0 Å². The lowest BCUT2D eigenvalue weighted by Gasteiger charge is -2.10. The van der Waals surface area contributed by atoms with E-state index in [2.05, 4.69) is 16.4 Å². The van der Waals surface area contributed by atoms with E-state index < -0.39 is 0 Å². The van der Waals surface area contributed by atoms with Crippen molar-refractivity contribution in [3.05, 3.63) is 0 Å². The monoisotopic (exact) mass is 286 g/mol. The highest BCUT2D eigenvalue weighted by molar-refractivity contribution is 5.69. The van der Waals surface area contributed by atoms with Crippen molar-refractivity contribution >= 4 is 11.9 Å². The molecule has 0 rings (SSSR count). The minimum absolute atomic E-state index is 0.107. The summed E-state index contributed by atoms with van der Waals surface area (Å²) >= 11 is 0. The smallest absolute Gasteiger partial charge is 0.305 e. The van der Waals surface area contributed by atoms with Gasteiger partial charge in [0.25, 0.3) is 0 Å². The van der Waals surface area contributed by atoms with Gasteiger partial charge in [0.15, 0.2) is 0 Å². The van der Waals surface area contributed by atoms with Crippen LogP contribution in [0.1, 0.15) is 71.1 Å². The summed E-state index contributed by atoms with van der Waals surface area (Å²) in [5.74, 6) is 0.375. The van der Waals surface area contributed by atoms with Gasteiger partial charge in [0.2, 0.25) is 0 Å². The first-order valence-corrected chi connectivity index (χ1v) is 7.73. The maximum atomic E-state index is 11.0. The van der Waals surface area contributed by atoms with E-state index >= 15 is 0 Å². The molecule has 0 aromatic rings. The zero-order chi connectivity index (χ0) is 15.2. The minimum Gasteiger partial charge on any atom is -0.469 e. The number of hydrogen-bond acceptors (Lipinski definition) is 4. The summed E-state index contributed by atoms with van der Waals surface area (Å²) in [6.07, 6.45) is 10.1. The molecule has 0 N–H and O–H groups in total. The first-order chi connectivity index (χ1) is 9.60. The second kappa shape index (κ2) is 12.9. The largest absolute Gasteiger partial charge is 0.469 e. The summed E-state index contributed by atoms with van der Waals surface area (Å²) in [5, 5.41) is 0. The van der Waals surface area contributed by atoms with Gasteiger partial charge in [-0.1, -0.05) is 45.4 Å². The Morgan fingerprint density at radius 1 is 0.750 bits per heavy atom. The van der Waals surface area contributed by atoms with Gasteiger partial charge in [0.1, 0.15) is 0 Å². The fourth-order valence-electron chi connectivity index (χ4n) is 2.18. The Morgan fingerprint density at radius 3 is 1.85 bits per heavy atom. The molecule has 0 aromatic carbocycles. The van der Waals surface area contributed by atoms with Gasteiger partial charge in [0.05, 0.1) is 14.2 Å². The first-order valence-electron chi connectivity index (χ1n) is 7.73. The van der Waals surface area contributed by atoms with E-state index in [1.165, 1.54) is 46.3 Å². The third-order valence-electron chi connectivity index (χ3n) is 3.62. The van der Waals surface area contributed by atoms with Crippen LogP contribution in [0.3, 0.4) is 0 Å². The molecule has 0 fully saturated rings. The molecule has 1 unspecified atom stereocenters. The molecule has 4 heteroatoms. The first kappa shape index (κ1) is 18.9. The molecule has 0 aliphatic carbocycles. The second-order valence-corrected chi connectivity index (χ2v) is 5.46. The Morgan fingerprint density at radius 2 is 1.25 bits per heavy atom. The minimum atomic E-state index is -0.109. The predicted molar refractivity (Wildman–Crippen MR) is 79.4 cm³/mol. The van der Waals surface area contributed by atoms with Crippen molar-refractivity contribution < 1.29 is 19.1 Å². The van der Waals surface area contributed by atoms with Crippen molar-refractivity contribution in [2.75, 3.05) is 14.2 Å². The highest BCUT2D eigenvalue weighted by Crippen LogP contribution is 2.16. The Hall–Kier alpha value is -1.06. The van der Waals surface area contributed by atoms with E-state index in [0.717, 1.165) is 19.3 Å². The molecule has 0 aliphatic rings. The molecule has 0 saturated heterocycles. The van der Waals surface area contributed by atoms with Gasteiger partial charge in [-0.25, -0.2) is 0 Å². The van der Waals surface area contributed by atoms with Crippen LogP contribution in [0.25, 0.3) is 0 Å². The second-order valence-electron chi connectivity index (χ2n) is 5.46. The van der Waals surface area contributed by atoms with Crippen LogP contribution < -0.4 is 0 Å². The fraction of sp³-hybridized carbons (Fsp3) is 0.875. The number of esters is 2. The van der Waals surface area contributed by atoms with Crippen LogP contribution in [-0.2, 0) is 19.1 Å². The fourth-order valence-corrected chi connectivity index (χ4v) is 2.18. The number of unbranched alkanes of at least 4 members (excludes halogenated alkanes) is 5. The van der Waals surface area contributed by atoms with Crippen molar-refractivity contribution in [3.8, 4) is 0 Å². The van der Waals surface area contributed by atoms with E-state index in [1.807, 2.05) is 0 Å². The summed E-state index contributed by atoms with van der Waals surface area (Å²) in [5.41, 5.74) is 0. The summed E-state index contributed by atoms with van der Waals surface area (Å²) in [6.45, 7) is 2.19. The molecule has 0 bridgehead atoms. The Bertz CT molecular complexity index is 263. The average molecular weight is 286 g/mol. The quantitative estimate of drug-likeness (QED) is 0.404. The van der Waals surface area contributed by atoms with Gasteiger partial charge in [-0.05, 0) is 18.8 Å². The van der Waals surface area contributed by atoms with Crippen LogP contribution in [0.2, 0.25) is 0 Å². The predicted octanol–water partition coefficient (Wildman–Crippen LogP) is 3.87. The average Bonchev–Trinajstić information content (AvgIpc) is 2.46. The normalized spacial score (nSPS) is 11.9. The zero-order valence-electron chi connectivity index (χ0n) is 13.3. The van der Waals surface area contributed by atoms with E-state index in [1.54, 1.807) is 0 Å². The number of ether oxygens (including phenoxy) is 2. The molecule has 0 amide bonds. The molecule has 1 atom stereocenters. The molecule has 0 aromatic heterocycles. The Balaban J connectivity index is 3.27. The molecule has 20 heavy (non-hydrogen) atoms. The highest BCUT2D eigenvalue weighted by Gasteiger charge is 2.06. The zero-order valence-corrected chi connectivity index (χ0v) is 13.3. The van der Waals surface area contributed by atoms with Crippen molar-refractivity contribution in [1.82, 2.24) is 0 Å². The SMILES string of the molecule is COC(=O)CCCCCCCCC(C)CCC(=O)OC. The van der Waals surface area contributed by atoms with Gasteiger partial charge in [-0.3, -0.25) is 9.59 Å². The third kappa shape index (κ3) is 12.0. The lowest BCUT2D eigenvalue weighted by molar-refractivity contribution is -0.141. The van der Waals surface area contributed by atoms with Gasteiger partial charge in [0, 0.05) is 12.8 Å². The lowest BCUT2D eigenvalue weighted by atomic mass is 9.97. The third-order valence-corrected chi connectivity index (χ3v) is 3.62. The summed E-state index contributed by atoms with van der Waals surface area (Å²) < 4.78 is 9.23. The summed E-state index contributed by atoms with van der Waals surface area (Å²) in [7, 11) is 2.87. The van der Waals surface area contributed by atoms with E-state index in [9.17, 15) is 9.59 Å². The van der Waals surface area contributed by atoms with E-state index in [4.69, 9.17) is 0 Å². The van der Waals surface area contributed by atoms with Crippen molar-refractivity contribution in [3.63, 3.8) is 0 Å². The maximum Gasteiger partial charge on any atom is 0.305 e. The molecule has 0 spiro atoms. The lowest BCUT2D eigenvalue weighted by Crippen LogP contribution is -2.04. The Kier molecular flexibility index (Phi) is 12.3. The standard InChI is InChI=1S/C16H30O4/c1-14(12-13-16(18)20-3)10-8-6-4-5-7-9-11-15(17)19-2/h14H,4-13H2,1-3H3. The topological polar surface area (TPSA) is 52.6 Å². The van der Waals surface area contributed by atoms with Crippen molar-refractivity contribution in [1.29, 1.82) is 0 Å². The molecule has 118 valence electrons. The highest BCUT2D eigenvalue weighted by atomic mass is 16.5. The van der Waals surface area contributed by atoms with E-state index in [-0.39, 0.29) is 11.9 Å². The number of carbonyl (C=O) groups excluding carboxylic acids is 2. The van der Waals surface area contributed by atoms with Crippen LogP contribution in [0.4, 0.5) is 0 Å². The number of carbonyl (C=O) groups is 2. The maximum absolute atomic E-state index is 11.0. The van der Waals surface area contributed by atoms with Crippen LogP contribution in [0.15, 0.2) is 0 Å². The number of rotatable bonds is 12.